The third kappa shape index (κ3) is 9.02. The van der Waals surface area contributed by atoms with Crippen LogP contribution in [0.1, 0.15) is 29.6 Å². The minimum Gasteiger partial charge on any atom is -0.482 e. The number of esters is 2. The maximum absolute atomic E-state index is 12.2. The van der Waals surface area contributed by atoms with Crippen LogP contribution in [-0.2, 0) is 23.9 Å². The molecule has 0 saturated carbocycles. The van der Waals surface area contributed by atoms with Gasteiger partial charge >= 0.3 is 18.1 Å². The van der Waals surface area contributed by atoms with Gasteiger partial charge in [0, 0.05) is 18.5 Å². The minimum atomic E-state index is -5.28. The number of amides is 1. The number of carbonyl (C=O) groups is 4. The minimum absolute atomic E-state index is 0.0468. The molecule has 1 saturated heterocycles. The molecular weight excluding hydrogens is 437 g/mol. The standard InChI is InChI=1S/C20H23F3N2O7/c21-20(22,23)19(29)32-18(28)12-31-14-3-1-13(2-4-14)16(26)7-10-25-17(27)11-30-15-5-8-24-9-6-15/h1-4,15,24H,5-12H2,(H,25,27). The number of benzene rings is 1. The Bertz CT molecular complexity index is 806. The molecule has 0 aliphatic carbocycles. The molecule has 0 aromatic heterocycles. The van der Waals surface area contributed by atoms with Crippen molar-refractivity contribution in [3.05, 3.63) is 29.8 Å². The van der Waals surface area contributed by atoms with Crippen molar-refractivity contribution in [2.75, 3.05) is 32.8 Å². The molecule has 1 aliphatic rings. The first-order valence-corrected chi connectivity index (χ1v) is 9.82. The molecule has 32 heavy (non-hydrogen) atoms. The van der Waals surface area contributed by atoms with Gasteiger partial charge in [-0.05, 0) is 50.2 Å². The molecule has 2 N–H and O–H groups in total. The monoisotopic (exact) mass is 460 g/mol. The SMILES string of the molecule is O=C(COC1CCNCC1)NCCC(=O)c1ccc(OCC(=O)OC(=O)C(F)(F)F)cc1. The lowest BCUT2D eigenvalue weighted by Crippen LogP contribution is -2.36. The predicted molar refractivity (Wildman–Crippen MR) is 103 cm³/mol. The number of piperidine rings is 1. The normalized spacial score (nSPS) is 14.5. The van der Waals surface area contributed by atoms with E-state index in [4.69, 9.17) is 9.47 Å². The topological polar surface area (TPSA) is 120 Å². The Balaban J connectivity index is 1.66. The fourth-order valence-corrected chi connectivity index (χ4v) is 2.74. The molecule has 176 valence electrons. The molecule has 1 heterocycles. The van der Waals surface area contributed by atoms with Gasteiger partial charge in [0.1, 0.15) is 12.4 Å². The van der Waals surface area contributed by atoms with E-state index in [9.17, 15) is 32.3 Å². The summed E-state index contributed by atoms with van der Waals surface area (Å²) >= 11 is 0. The maximum Gasteiger partial charge on any atom is 0.491 e. The van der Waals surface area contributed by atoms with Crippen molar-refractivity contribution in [1.82, 2.24) is 10.6 Å². The van der Waals surface area contributed by atoms with Crippen LogP contribution in [0.25, 0.3) is 0 Å². The van der Waals surface area contributed by atoms with E-state index in [0.717, 1.165) is 25.9 Å². The highest BCUT2D eigenvalue weighted by Gasteiger charge is 2.42. The van der Waals surface area contributed by atoms with Crippen molar-refractivity contribution in [2.45, 2.75) is 31.5 Å². The Morgan fingerprint density at radius 3 is 2.31 bits per heavy atom. The zero-order valence-corrected chi connectivity index (χ0v) is 17.0. The molecule has 1 aromatic carbocycles. The molecule has 0 spiro atoms. The van der Waals surface area contributed by atoms with Gasteiger partial charge in [-0.1, -0.05) is 0 Å². The van der Waals surface area contributed by atoms with Gasteiger partial charge in [0.2, 0.25) is 5.91 Å². The summed E-state index contributed by atoms with van der Waals surface area (Å²) in [7, 11) is 0. The van der Waals surface area contributed by atoms with Crippen LogP contribution in [-0.4, -0.2) is 68.8 Å². The highest BCUT2D eigenvalue weighted by atomic mass is 19.4. The highest BCUT2D eigenvalue weighted by Crippen LogP contribution is 2.17. The summed E-state index contributed by atoms with van der Waals surface area (Å²) in [5.74, 6) is -4.62. The molecule has 12 heteroatoms. The molecule has 1 fully saturated rings. The zero-order chi connectivity index (χ0) is 23.6. The summed E-state index contributed by atoms with van der Waals surface area (Å²) in [5.41, 5.74) is 0.312. The van der Waals surface area contributed by atoms with E-state index in [-0.39, 0.29) is 43.1 Å². The van der Waals surface area contributed by atoms with Crippen LogP contribution in [0.15, 0.2) is 24.3 Å². The van der Waals surface area contributed by atoms with Crippen molar-refractivity contribution in [3.63, 3.8) is 0 Å². The lowest BCUT2D eigenvalue weighted by molar-refractivity contribution is -0.202. The molecule has 1 aliphatic heterocycles. The number of carbonyl (C=O) groups excluding carboxylic acids is 4. The summed E-state index contributed by atoms with van der Waals surface area (Å²) in [5, 5.41) is 5.80. The number of alkyl halides is 3. The molecule has 2 rings (SSSR count). The second-order valence-corrected chi connectivity index (χ2v) is 6.86. The quantitative estimate of drug-likeness (QED) is 0.303. The summed E-state index contributed by atoms with van der Waals surface area (Å²) in [4.78, 5) is 45.7. The van der Waals surface area contributed by atoms with Gasteiger partial charge in [-0.3, -0.25) is 9.59 Å². The number of rotatable bonds is 10. The number of halogens is 3. The molecular formula is C20H23F3N2O7. The first-order valence-electron chi connectivity index (χ1n) is 9.82. The Hall–Kier alpha value is -2.99. The Morgan fingerprint density at radius 1 is 1.03 bits per heavy atom. The summed E-state index contributed by atoms with van der Waals surface area (Å²) < 4.78 is 50.1. The molecule has 0 atom stereocenters. The van der Waals surface area contributed by atoms with E-state index >= 15 is 0 Å². The highest BCUT2D eigenvalue weighted by molar-refractivity contribution is 5.96. The van der Waals surface area contributed by atoms with Crippen molar-refractivity contribution in [2.24, 2.45) is 0 Å². The third-order valence-electron chi connectivity index (χ3n) is 4.38. The molecule has 0 unspecified atom stereocenters. The van der Waals surface area contributed by atoms with Crippen molar-refractivity contribution < 1.29 is 46.6 Å². The van der Waals surface area contributed by atoms with Crippen LogP contribution < -0.4 is 15.4 Å². The fourth-order valence-electron chi connectivity index (χ4n) is 2.74. The summed E-state index contributed by atoms with van der Waals surface area (Å²) in [6, 6.07) is 5.45. The van der Waals surface area contributed by atoms with E-state index in [1.807, 2.05) is 0 Å². The van der Waals surface area contributed by atoms with Crippen molar-refractivity contribution in [1.29, 1.82) is 0 Å². The van der Waals surface area contributed by atoms with Crippen molar-refractivity contribution in [3.8, 4) is 5.75 Å². The maximum atomic E-state index is 12.2. The summed E-state index contributed by atoms with van der Waals surface area (Å²) in [6.45, 7) is 0.853. The van der Waals surface area contributed by atoms with Gasteiger partial charge in [-0.15, -0.1) is 0 Å². The molecule has 0 radical (unpaired) electrons. The van der Waals surface area contributed by atoms with Gasteiger partial charge in [-0.25, -0.2) is 9.59 Å². The average molecular weight is 460 g/mol. The van der Waals surface area contributed by atoms with E-state index in [0.29, 0.717) is 5.56 Å². The number of nitrogens with one attached hydrogen (secondary N) is 2. The van der Waals surface area contributed by atoms with Crippen molar-refractivity contribution >= 4 is 23.6 Å². The molecule has 9 nitrogen and oxygen atoms in total. The predicted octanol–water partition coefficient (Wildman–Crippen LogP) is 1.16. The van der Waals surface area contributed by atoms with E-state index < -0.39 is 24.7 Å². The second-order valence-electron chi connectivity index (χ2n) is 6.86. The van der Waals surface area contributed by atoms with Gasteiger partial charge in [-0.2, -0.15) is 13.2 Å². The summed E-state index contributed by atoms with van der Waals surface area (Å²) in [6.07, 6.45) is -3.49. The van der Waals surface area contributed by atoms with Gasteiger partial charge in [0.15, 0.2) is 12.4 Å². The van der Waals surface area contributed by atoms with Crippen LogP contribution in [0.2, 0.25) is 0 Å². The van der Waals surface area contributed by atoms with Crippen LogP contribution in [0.5, 0.6) is 5.75 Å². The first kappa shape index (κ1) is 25.3. The van der Waals surface area contributed by atoms with Gasteiger partial charge in [0.05, 0.1) is 6.10 Å². The van der Waals surface area contributed by atoms with Crippen LogP contribution in [0.4, 0.5) is 13.2 Å². The van der Waals surface area contributed by atoms with E-state index in [2.05, 4.69) is 15.4 Å². The number of ether oxygens (including phenoxy) is 3. The van der Waals surface area contributed by atoms with E-state index in [1.54, 1.807) is 0 Å². The molecule has 0 bridgehead atoms. The van der Waals surface area contributed by atoms with Crippen LogP contribution in [0, 0.1) is 0 Å². The Kier molecular flexibility index (Phi) is 9.60. The number of ketones is 1. The van der Waals surface area contributed by atoms with E-state index in [1.165, 1.54) is 24.3 Å². The lowest BCUT2D eigenvalue weighted by atomic mass is 10.1. The lowest BCUT2D eigenvalue weighted by Gasteiger charge is -2.22. The van der Waals surface area contributed by atoms with Gasteiger partial charge in [0.25, 0.3) is 0 Å². The zero-order valence-electron chi connectivity index (χ0n) is 17.0. The Labute approximate surface area is 181 Å². The van der Waals surface area contributed by atoms with Gasteiger partial charge < -0.3 is 24.8 Å². The largest absolute Gasteiger partial charge is 0.491 e. The molecule has 1 aromatic rings. The smallest absolute Gasteiger partial charge is 0.482 e. The molecule has 1 amide bonds. The first-order chi connectivity index (χ1) is 15.1. The van der Waals surface area contributed by atoms with Crippen LogP contribution >= 0.6 is 0 Å². The fraction of sp³-hybridized carbons (Fsp3) is 0.500. The second kappa shape index (κ2) is 12.2. The number of hydrogen-bond donors (Lipinski definition) is 2. The number of Topliss-reactive ketones (excluding diaryl/α,β-unsaturated/α-hetero) is 1. The average Bonchev–Trinajstić information content (AvgIpc) is 2.76. The Morgan fingerprint density at radius 2 is 1.69 bits per heavy atom. The van der Waals surface area contributed by atoms with Crippen LogP contribution in [0.3, 0.4) is 0 Å². The third-order valence-corrected chi connectivity index (χ3v) is 4.38. The number of hydrogen-bond acceptors (Lipinski definition) is 8.